The number of anilines is 1. The summed E-state index contributed by atoms with van der Waals surface area (Å²) in [5.41, 5.74) is 0.0737. The third-order valence-corrected chi connectivity index (χ3v) is 6.70. The number of hydrogen-bond donors (Lipinski definition) is 0. The number of nitrogens with zero attached hydrogens (tertiary/aromatic N) is 3. The molecule has 8 heteroatoms. The lowest BCUT2D eigenvalue weighted by atomic mass is 9.86. The Bertz CT molecular complexity index is 914. The van der Waals surface area contributed by atoms with Crippen molar-refractivity contribution in [3.8, 4) is 0 Å². The van der Waals surface area contributed by atoms with Crippen LogP contribution in [0.1, 0.15) is 64.9 Å². The van der Waals surface area contributed by atoms with Gasteiger partial charge in [-0.1, -0.05) is 11.6 Å². The number of benzene rings is 1. The quantitative estimate of drug-likeness (QED) is 0.625. The fourth-order valence-electron chi connectivity index (χ4n) is 4.63. The van der Waals surface area contributed by atoms with Crippen LogP contribution in [-0.4, -0.2) is 58.6 Å². The van der Waals surface area contributed by atoms with Crippen LogP contribution in [0.4, 0.5) is 15.3 Å². The minimum Gasteiger partial charge on any atom is -0.444 e. The first kappa shape index (κ1) is 21.9. The Hall–Kier alpha value is -2.28. The van der Waals surface area contributed by atoms with Gasteiger partial charge in [0, 0.05) is 24.7 Å². The van der Waals surface area contributed by atoms with Crippen molar-refractivity contribution in [3.63, 3.8) is 0 Å². The molecular formula is C23H30ClN3O4. The SMILES string of the molecule is CCN1C(=O)N(c2ccc(Cl)c(C3CC3)c2)C(=O)C12CCN(C(=O)OC(C)(C)C)CC2. The Labute approximate surface area is 188 Å². The molecule has 7 nitrogen and oxygen atoms in total. The molecule has 168 valence electrons. The highest BCUT2D eigenvalue weighted by Crippen LogP contribution is 2.46. The van der Waals surface area contributed by atoms with E-state index in [2.05, 4.69) is 0 Å². The highest BCUT2D eigenvalue weighted by molar-refractivity contribution is 6.31. The molecule has 0 atom stereocenters. The highest BCUT2D eigenvalue weighted by Gasteiger charge is 2.58. The highest BCUT2D eigenvalue weighted by atomic mass is 35.5. The molecule has 1 aromatic rings. The van der Waals surface area contributed by atoms with Crippen LogP contribution in [0.15, 0.2) is 18.2 Å². The number of amides is 4. The molecule has 0 radical (unpaired) electrons. The number of urea groups is 1. The van der Waals surface area contributed by atoms with Crippen molar-refractivity contribution < 1.29 is 19.1 Å². The standard InChI is InChI=1S/C23H30ClN3O4/c1-5-26-20(29)27(16-8-9-18(24)17(14-16)15-6-7-15)19(28)23(26)10-12-25(13-11-23)21(30)31-22(2,3)4/h8-9,14-15H,5-7,10-13H2,1-4H3. The molecule has 3 aliphatic rings. The minimum absolute atomic E-state index is 0.216. The van der Waals surface area contributed by atoms with Gasteiger partial charge in [0.15, 0.2) is 0 Å². The maximum Gasteiger partial charge on any atom is 0.410 e. The summed E-state index contributed by atoms with van der Waals surface area (Å²) < 4.78 is 5.47. The van der Waals surface area contributed by atoms with Crippen molar-refractivity contribution >= 4 is 35.3 Å². The van der Waals surface area contributed by atoms with Crippen LogP contribution in [0.2, 0.25) is 5.02 Å². The number of piperidine rings is 1. The molecule has 0 bridgehead atoms. The molecule has 4 rings (SSSR count). The van der Waals surface area contributed by atoms with Gasteiger partial charge in [-0.2, -0.15) is 0 Å². The molecule has 31 heavy (non-hydrogen) atoms. The Morgan fingerprint density at radius 1 is 1.19 bits per heavy atom. The molecule has 2 heterocycles. The lowest BCUT2D eigenvalue weighted by Gasteiger charge is -2.41. The zero-order valence-electron chi connectivity index (χ0n) is 18.6. The van der Waals surface area contributed by atoms with Gasteiger partial charge in [-0.15, -0.1) is 0 Å². The maximum absolute atomic E-state index is 13.6. The molecule has 3 fully saturated rings. The number of carbonyl (C=O) groups excluding carboxylic acids is 3. The number of imide groups is 1. The average molecular weight is 448 g/mol. The number of likely N-dealkylation sites (tertiary alicyclic amines) is 1. The average Bonchev–Trinajstić information content (AvgIpc) is 3.51. The van der Waals surface area contributed by atoms with E-state index in [-0.39, 0.29) is 18.0 Å². The Morgan fingerprint density at radius 2 is 1.84 bits per heavy atom. The summed E-state index contributed by atoms with van der Waals surface area (Å²) >= 11 is 6.35. The summed E-state index contributed by atoms with van der Waals surface area (Å²) in [6.07, 6.45) is 2.56. The van der Waals surface area contributed by atoms with Gasteiger partial charge in [0.25, 0.3) is 5.91 Å². The number of ether oxygens (including phenoxy) is 1. The molecule has 4 amide bonds. The predicted molar refractivity (Wildman–Crippen MR) is 118 cm³/mol. The Kier molecular flexibility index (Phi) is 5.44. The van der Waals surface area contributed by atoms with Crippen LogP contribution < -0.4 is 4.90 Å². The van der Waals surface area contributed by atoms with E-state index in [0.29, 0.717) is 49.1 Å². The zero-order chi connectivity index (χ0) is 22.6. The second-order valence-electron chi connectivity index (χ2n) is 9.65. The number of hydrogen-bond acceptors (Lipinski definition) is 4. The molecule has 1 spiro atoms. The zero-order valence-corrected chi connectivity index (χ0v) is 19.4. The second kappa shape index (κ2) is 7.69. The molecule has 0 N–H and O–H groups in total. The first-order valence-corrected chi connectivity index (χ1v) is 11.4. The molecule has 0 aromatic heterocycles. The van der Waals surface area contributed by atoms with Gasteiger partial charge >= 0.3 is 12.1 Å². The third-order valence-electron chi connectivity index (χ3n) is 6.35. The van der Waals surface area contributed by atoms with Gasteiger partial charge in [0.2, 0.25) is 0 Å². The van der Waals surface area contributed by atoms with E-state index in [4.69, 9.17) is 16.3 Å². The van der Waals surface area contributed by atoms with Crippen LogP contribution in [0, 0.1) is 0 Å². The van der Waals surface area contributed by atoms with E-state index in [1.165, 1.54) is 4.90 Å². The Morgan fingerprint density at radius 3 is 2.39 bits per heavy atom. The van der Waals surface area contributed by atoms with Gasteiger partial charge < -0.3 is 14.5 Å². The monoisotopic (exact) mass is 447 g/mol. The van der Waals surface area contributed by atoms with E-state index < -0.39 is 11.1 Å². The number of halogens is 1. The first-order valence-electron chi connectivity index (χ1n) is 11.0. The number of carbonyl (C=O) groups is 3. The van der Waals surface area contributed by atoms with Crippen molar-refractivity contribution in [1.29, 1.82) is 0 Å². The smallest absolute Gasteiger partial charge is 0.410 e. The molecule has 1 saturated carbocycles. The van der Waals surface area contributed by atoms with Gasteiger partial charge in [-0.25, -0.2) is 14.5 Å². The topological polar surface area (TPSA) is 70.2 Å². The second-order valence-corrected chi connectivity index (χ2v) is 10.1. The lowest BCUT2D eigenvalue weighted by molar-refractivity contribution is -0.127. The van der Waals surface area contributed by atoms with Gasteiger partial charge in [0.05, 0.1) is 5.69 Å². The van der Waals surface area contributed by atoms with Gasteiger partial charge in [-0.3, -0.25) is 4.79 Å². The third kappa shape index (κ3) is 3.88. The molecule has 2 saturated heterocycles. The molecule has 0 unspecified atom stereocenters. The molecule has 2 aliphatic heterocycles. The van der Waals surface area contributed by atoms with Crippen LogP contribution in [0.3, 0.4) is 0 Å². The summed E-state index contributed by atoms with van der Waals surface area (Å²) in [6, 6.07) is 5.10. The van der Waals surface area contributed by atoms with E-state index in [0.717, 1.165) is 18.4 Å². The summed E-state index contributed by atoms with van der Waals surface area (Å²) in [5.74, 6) is 0.195. The lowest BCUT2D eigenvalue weighted by Crippen LogP contribution is -2.57. The van der Waals surface area contributed by atoms with Crippen LogP contribution in [0.5, 0.6) is 0 Å². The van der Waals surface area contributed by atoms with Gasteiger partial charge in [-0.05, 0) is 83.1 Å². The van der Waals surface area contributed by atoms with Crippen molar-refractivity contribution in [3.05, 3.63) is 28.8 Å². The molecule has 1 aromatic carbocycles. The van der Waals surface area contributed by atoms with E-state index >= 15 is 0 Å². The van der Waals surface area contributed by atoms with Crippen molar-refractivity contribution in [2.24, 2.45) is 0 Å². The first-order chi connectivity index (χ1) is 14.6. The molecule has 1 aliphatic carbocycles. The fourth-order valence-corrected chi connectivity index (χ4v) is 4.90. The van der Waals surface area contributed by atoms with Crippen LogP contribution in [-0.2, 0) is 9.53 Å². The summed E-state index contributed by atoms with van der Waals surface area (Å²) in [6.45, 7) is 8.53. The summed E-state index contributed by atoms with van der Waals surface area (Å²) in [7, 11) is 0. The maximum atomic E-state index is 13.6. The van der Waals surface area contributed by atoms with Crippen LogP contribution >= 0.6 is 11.6 Å². The predicted octanol–water partition coefficient (Wildman–Crippen LogP) is 4.78. The van der Waals surface area contributed by atoms with E-state index in [9.17, 15) is 14.4 Å². The van der Waals surface area contributed by atoms with Crippen molar-refractivity contribution in [2.45, 2.75) is 70.4 Å². The van der Waals surface area contributed by atoms with Crippen LogP contribution in [0.25, 0.3) is 0 Å². The minimum atomic E-state index is -0.927. The van der Waals surface area contributed by atoms with Crippen molar-refractivity contribution in [1.82, 2.24) is 9.80 Å². The van der Waals surface area contributed by atoms with E-state index in [1.54, 1.807) is 21.9 Å². The molecular weight excluding hydrogens is 418 g/mol. The number of likely N-dealkylation sites (N-methyl/N-ethyl adjacent to an activating group) is 1. The largest absolute Gasteiger partial charge is 0.444 e. The number of rotatable bonds is 3. The normalized spacial score (nSPS) is 21.3. The van der Waals surface area contributed by atoms with Crippen molar-refractivity contribution in [2.75, 3.05) is 24.5 Å². The fraction of sp³-hybridized carbons (Fsp3) is 0.609. The van der Waals surface area contributed by atoms with Gasteiger partial charge in [0.1, 0.15) is 11.1 Å². The summed E-state index contributed by atoms with van der Waals surface area (Å²) in [5, 5.41) is 0.679. The Balaban J connectivity index is 1.57. The van der Waals surface area contributed by atoms with E-state index in [1.807, 2.05) is 33.8 Å². The summed E-state index contributed by atoms with van der Waals surface area (Å²) in [4.78, 5) is 44.0.